The maximum absolute atomic E-state index is 11.4. The molecule has 0 heterocycles. The van der Waals surface area contributed by atoms with Gasteiger partial charge < -0.3 is 9.84 Å². The summed E-state index contributed by atoms with van der Waals surface area (Å²) < 4.78 is 4.86. The van der Waals surface area contributed by atoms with Crippen molar-refractivity contribution in [2.45, 2.75) is 40.5 Å². The van der Waals surface area contributed by atoms with E-state index >= 15 is 0 Å². The van der Waals surface area contributed by atoms with Crippen molar-refractivity contribution in [2.75, 3.05) is 6.61 Å². The van der Waals surface area contributed by atoms with E-state index in [9.17, 15) is 9.90 Å². The van der Waals surface area contributed by atoms with Crippen molar-refractivity contribution in [2.24, 2.45) is 5.41 Å². The largest absolute Gasteiger partial charge is 0.507 e. The van der Waals surface area contributed by atoms with Gasteiger partial charge in [0, 0.05) is 17.1 Å². The Morgan fingerprint density at radius 3 is 2.65 bits per heavy atom. The lowest BCUT2D eigenvalue weighted by atomic mass is 9.84. The van der Waals surface area contributed by atoms with E-state index in [1.54, 1.807) is 19.1 Å². The van der Waals surface area contributed by atoms with E-state index in [0.717, 1.165) is 18.4 Å². The van der Waals surface area contributed by atoms with Gasteiger partial charge in [0.05, 0.1) is 6.61 Å². The highest BCUT2D eigenvalue weighted by Gasteiger charge is 2.15. The van der Waals surface area contributed by atoms with Crippen molar-refractivity contribution in [1.29, 1.82) is 0 Å². The average Bonchev–Trinajstić information content (AvgIpc) is 2.60. The normalized spacial score (nSPS) is 13.5. The third-order valence-electron chi connectivity index (χ3n) is 4.10. The number of allylic oxidation sites excluding steroid dienone is 4. The second-order valence-electron chi connectivity index (χ2n) is 6.77. The standard InChI is InChI=1S/C23H30O3/c1-6-23(5,15-8-9-18(3)4)16-14-19-10-12-21(24)20(17-19)11-13-22(25)26-7-2/h6,9-14,16-17,24H,1,7-8,15H2,2-5H3/b13-11+,16-14+/t23-/m1/s1. The first-order valence-corrected chi connectivity index (χ1v) is 8.93. The predicted octanol–water partition coefficient (Wildman–Crippen LogP) is 5.92. The Hall–Kier alpha value is -2.55. The monoisotopic (exact) mass is 354 g/mol. The highest BCUT2D eigenvalue weighted by Crippen LogP contribution is 2.29. The van der Waals surface area contributed by atoms with Crippen molar-refractivity contribution in [3.63, 3.8) is 0 Å². The van der Waals surface area contributed by atoms with E-state index in [4.69, 9.17) is 4.74 Å². The molecule has 0 radical (unpaired) electrons. The summed E-state index contributed by atoms with van der Waals surface area (Å²) in [6, 6.07) is 5.30. The number of carbonyl (C=O) groups excluding carboxylic acids is 1. The van der Waals surface area contributed by atoms with Crippen LogP contribution in [0.1, 0.15) is 51.7 Å². The lowest BCUT2D eigenvalue weighted by Gasteiger charge is -2.20. The molecule has 1 aromatic carbocycles. The van der Waals surface area contributed by atoms with Crippen LogP contribution in [0.4, 0.5) is 0 Å². The van der Waals surface area contributed by atoms with Gasteiger partial charge in [-0.15, -0.1) is 6.58 Å². The molecule has 0 unspecified atom stereocenters. The molecule has 0 aliphatic rings. The highest BCUT2D eigenvalue weighted by atomic mass is 16.5. The van der Waals surface area contributed by atoms with E-state index in [1.165, 1.54) is 11.6 Å². The van der Waals surface area contributed by atoms with Crippen molar-refractivity contribution < 1.29 is 14.6 Å². The molecule has 0 aromatic heterocycles. The molecular formula is C23H30O3. The average molecular weight is 354 g/mol. The summed E-state index contributed by atoms with van der Waals surface area (Å²) in [4.78, 5) is 11.4. The maximum atomic E-state index is 11.4. The molecule has 0 aliphatic carbocycles. The number of rotatable bonds is 9. The zero-order valence-corrected chi connectivity index (χ0v) is 16.3. The Morgan fingerprint density at radius 1 is 1.31 bits per heavy atom. The maximum Gasteiger partial charge on any atom is 0.330 e. The van der Waals surface area contributed by atoms with Crippen LogP contribution >= 0.6 is 0 Å². The fourth-order valence-corrected chi connectivity index (χ4v) is 2.37. The summed E-state index contributed by atoms with van der Waals surface area (Å²) in [5.74, 6) is -0.302. The molecule has 0 saturated carbocycles. The van der Waals surface area contributed by atoms with Gasteiger partial charge in [-0.2, -0.15) is 0 Å². The number of aromatic hydroxyl groups is 1. The minimum absolute atomic E-state index is 0.106. The molecule has 1 atom stereocenters. The molecular weight excluding hydrogens is 324 g/mol. The number of phenols is 1. The van der Waals surface area contributed by atoms with E-state index < -0.39 is 5.97 Å². The smallest absolute Gasteiger partial charge is 0.330 e. The summed E-state index contributed by atoms with van der Waals surface area (Å²) >= 11 is 0. The summed E-state index contributed by atoms with van der Waals surface area (Å²) in [5.41, 5.74) is 2.73. The summed E-state index contributed by atoms with van der Waals surface area (Å²) in [5, 5.41) is 9.97. The highest BCUT2D eigenvalue weighted by molar-refractivity contribution is 5.87. The molecule has 3 nitrogen and oxygen atoms in total. The first-order chi connectivity index (χ1) is 12.3. The molecule has 0 spiro atoms. The number of ether oxygens (including phenoxy) is 1. The first kappa shape index (κ1) is 21.5. The van der Waals surface area contributed by atoms with E-state index in [0.29, 0.717) is 12.2 Å². The lowest BCUT2D eigenvalue weighted by molar-refractivity contribution is -0.137. The van der Waals surface area contributed by atoms with Crippen LogP contribution in [-0.2, 0) is 9.53 Å². The van der Waals surface area contributed by atoms with Crippen LogP contribution in [0.3, 0.4) is 0 Å². The first-order valence-electron chi connectivity index (χ1n) is 8.93. The Balaban J connectivity index is 2.93. The molecule has 140 valence electrons. The molecule has 0 fully saturated rings. The van der Waals surface area contributed by atoms with Gasteiger partial charge in [-0.1, -0.05) is 42.9 Å². The van der Waals surface area contributed by atoms with Crippen molar-refractivity contribution in [3.8, 4) is 5.75 Å². The molecule has 0 aliphatic heterocycles. The van der Waals surface area contributed by atoms with Crippen LogP contribution in [0.5, 0.6) is 5.75 Å². The van der Waals surface area contributed by atoms with Gasteiger partial charge >= 0.3 is 5.97 Å². The fraction of sp³-hybridized carbons (Fsp3) is 0.348. The molecule has 0 saturated heterocycles. The van der Waals surface area contributed by atoms with E-state index in [1.807, 2.05) is 24.3 Å². The number of phenolic OH excluding ortho intramolecular Hbond substituents is 1. The fourth-order valence-electron chi connectivity index (χ4n) is 2.37. The lowest BCUT2D eigenvalue weighted by Crippen LogP contribution is -2.08. The molecule has 0 amide bonds. The Morgan fingerprint density at radius 2 is 2.04 bits per heavy atom. The number of benzene rings is 1. The van der Waals surface area contributed by atoms with Crippen molar-refractivity contribution in [1.82, 2.24) is 0 Å². The second-order valence-corrected chi connectivity index (χ2v) is 6.77. The summed E-state index contributed by atoms with van der Waals surface area (Å²) in [6.07, 6.45) is 13.2. The van der Waals surface area contributed by atoms with Crippen LogP contribution in [0.2, 0.25) is 0 Å². The van der Waals surface area contributed by atoms with Crippen LogP contribution < -0.4 is 0 Å². The molecule has 3 heteroatoms. The van der Waals surface area contributed by atoms with Crippen LogP contribution in [0.15, 0.2) is 54.7 Å². The van der Waals surface area contributed by atoms with Gasteiger partial charge in [-0.25, -0.2) is 4.79 Å². The number of hydrogen-bond acceptors (Lipinski definition) is 3. The topological polar surface area (TPSA) is 46.5 Å². The van der Waals surface area contributed by atoms with Gasteiger partial charge in [0.1, 0.15) is 5.75 Å². The zero-order chi connectivity index (χ0) is 19.6. The summed E-state index contributed by atoms with van der Waals surface area (Å²) in [7, 11) is 0. The number of carbonyl (C=O) groups is 1. The Kier molecular flexibility index (Phi) is 8.63. The summed E-state index contributed by atoms with van der Waals surface area (Å²) in [6.45, 7) is 12.4. The predicted molar refractivity (Wildman–Crippen MR) is 110 cm³/mol. The van der Waals surface area contributed by atoms with E-state index in [-0.39, 0.29) is 11.2 Å². The minimum Gasteiger partial charge on any atom is -0.507 e. The molecule has 1 rings (SSSR count). The molecule has 26 heavy (non-hydrogen) atoms. The van der Waals surface area contributed by atoms with Crippen LogP contribution in [0.25, 0.3) is 12.2 Å². The Labute approximate surface area is 157 Å². The van der Waals surface area contributed by atoms with Crippen LogP contribution in [-0.4, -0.2) is 17.7 Å². The van der Waals surface area contributed by atoms with Gasteiger partial charge in [-0.05, 0) is 57.4 Å². The SMILES string of the molecule is C=C[C@@](C)(/C=C/c1ccc(O)c(/C=C/C(=O)OCC)c1)CCC=C(C)C. The molecule has 1 aromatic rings. The third kappa shape index (κ3) is 7.56. The van der Waals surface area contributed by atoms with Crippen molar-refractivity contribution in [3.05, 3.63) is 65.8 Å². The number of esters is 1. The van der Waals surface area contributed by atoms with Crippen LogP contribution in [0, 0.1) is 5.41 Å². The molecule has 1 N–H and O–H groups in total. The number of hydrogen-bond donors (Lipinski definition) is 1. The Bertz CT molecular complexity index is 706. The zero-order valence-electron chi connectivity index (χ0n) is 16.3. The van der Waals surface area contributed by atoms with Gasteiger partial charge in [0.2, 0.25) is 0 Å². The van der Waals surface area contributed by atoms with E-state index in [2.05, 4.69) is 39.5 Å². The van der Waals surface area contributed by atoms with Crippen molar-refractivity contribution >= 4 is 18.1 Å². The van der Waals surface area contributed by atoms with Gasteiger partial charge in [0.25, 0.3) is 0 Å². The minimum atomic E-state index is -0.425. The third-order valence-corrected chi connectivity index (χ3v) is 4.10. The quantitative estimate of drug-likeness (QED) is 0.340. The second kappa shape index (κ2) is 10.4. The molecule has 0 bridgehead atoms. The van der Waals surface area contributed by atoms with Gasteiger partial charge in [0.15, 0.2) is 0 Å². The van der Waals surface area contributed by atoms with Gasteiger partial charge in [-0.3, -0.25) is 0 Å².